The molecule has 1 aromatic rings. The summed E-state index contributed by atoms with van der Waals surface area (Å²) in [5.74, 6) is 0.423. The molecule has 3 nitrogen and oxygen atoms in total. The molecule has 0 amide bonds. The van der Waals surface area contributed by atoms with Crippen molar-refractivity contribution in [3.05, 3.63) is 16.1 Å². The lowest BCUT2D eigenvalue weighted by Crippen LogP contribution is -2.12. The van der Waals surface area contributed by atoms with E-state index < -0.39 is 5.97 Å². The van der Waals surface area contributed by atoms with Crippen LogP contribution in [0, 0.1) is 5.92 Å². The van der Waals surface area contributed by atoms with Crippen molar-refractivity contribution >= 4 is 29.1 Å². The molecular weight excluding hydrogens is 254 g/mol. The van der Waals surface area contributed by atoms with Crippen LogP contribution in [0.5, 0.6) is 0 Å². The van der Waals surface area contributed by atoms with Crippen LogP contribution in [0.15, 0.2) is 5.38 Å². The Balaban J connectivity index is 2.43. The molecule has 0 radical (unpaired) electrons. The Morgan fingerprint density at radius 2 is 2.24 bits per heavy atom. The number of hydrogen-bond donors (Lipinski definition) is 1. The molecule has 0 bridgehead atoms. The average molecular weight is 273 g/mol. The van der Waals surface area contributed by atoms with E-state index in [9.17, 15) is 4.79 Å². The van der Waals surface area contributed by atoms with Gasteiger partial charge in [-0.2, -0.15) is 11.8 Å². The number of hydrogen-bond acceptors (Lipinski definition) is 4. The summed E-state index contributed by atoms with van der Waals surface area (Å²) in [6.45, 7) is 8.17. The van der Waals surface area contributed by atoms with E-state index in [-0.39, 0.29) is 11.3 Å². The SMILES string of the molecule is CC(CSCc1nc(C(C)(C)C)cs1)C(=O)O. The molecule has 0 aliphatic heterocycles. The van der Waals surface area contributed by atoms with Crippen molar-refractivity contribution in [2.45, 2.75) is 38.9 Å². The third-order valence-electron chi connectivity index (χ3n) is 2.34. The van der Waals surface area contributed by atoms with Gasteiger partial charge in [-0.1, -0.05) is 27.7 Å². The largest absolute Gasteiger partial charge is 0.481 e. The fourth-order valence-corrected chi connectivity index (χ4v) is 3.30. The summed E-state index contributed by atoms with van der Waals surface area (Å²) in [6, 6.07) is 0. The van der Waals surface area contributed by atoms with Gasteiger partial charge in [0.15, 0.2) is 0 Å². The van der Waals surface area contributed by atoms with E-state index in [2.05, 4.69) is 31.1 Å². The van der Waals surface area contributed by atoms with Crippen molar-refractivity contribution in [1.29, 1.82) is 0 Å². The molecule has 0 saturated heterocycles. The molecule has 0 aliphatic rings. The molecule has 0 spiro atoms. The topological polar surface area (TPSA) is 50.2 Å². The molecule has 1 N–H and O–H groups in total. The van der Waals surface area contributed by atoms with Crippen molar-refractivity contribution in [1.82, 2.24) is 4.98 Å². The Morgan fingerprint density at radius 1 is 1.59 bits per heavy atom. The number of rotatable bonds is 5. The average Bonchev–Trinajstić information content (AvgIpc) is 2.65. The molecule has 0 saturated carbocycles. The molecule has 5 heteroatoms. The predicted octanol–water partition coefficient (Wildman–Crippen LogP) is 3.39. The van der Waals surface area contributed by atoms with Crippen LogP contribution in [0.4, 0.5) is 0 Å². The van der Waals surface area contributed by atoms with Crippen molar-refractivity contribution in [2.24, 2.45) is 5.92 Å². The Kier molecular flexibility index (Phi) is 5.01. The summed E-state index contributed by atoms with van der Waals surface area (Å²) >= 11 is 3.29. The van der Waals surface area contributed by atoms with Crippen molar-refractivity contribution in [2.75, 3.05) is 5.75 Å². The van der Waals surface area contributed by atoms with Crippen LogP contribution in [-0.4, -0.2) is 21.8 Å². The molecular formula is C12H19NO2S2. The lowest BCUT2D eigenvalue weighted by molar-refractivity contribution is -0.140. The van der Waals surface area contributed by atoms with Gasteiger partial charge in [0.25, 0.3) is 0 Å². The number of thiazole rings is 1. The van der Waals surface area contributed by atoms with Crippen molar-refractivity contribution < 1.29 is 9.90 Å². The number of nitrogens with zero attached hydrogens (tertiary/aromatic N) is 1. The lowest BCUT2D eigenvalue weighted by Gasteiger charge is -2.14. The quantitative estimate of drug-likeness (QED) is 0.893. The first kappa shape index (κ1) is 14.5. The Bertz CT molecular complexity index is 382. The summed E-state index contributed by atoms with van der Waals surface area (Å²) in [6.07, 6.45) is 0. The minimum Gasteiger partial charge on any atom is -0.481 e. The monoisotopic (exact) mass is 273 g/mol. The third kappa shape index (κ3) is 4.68. The van der Waals surface area contributed by atoms with E-state index in [1.54, 1.807) is 30.0 Å². The van der Waals surface area contributed by atoms with Gasteiger partial charge in [-0.25, -0.2) is 4.98 Å². The highest BCUT2D eigenvalue weighted by Crippen LogP contribution is 2.26. The van der Waals surface area contributed by atoms with E-state index in [0.29, 0.717) is 5.75 Å². The molecule has 1 heterocycles. The predicted molar refractivity (Wildman–Crippen MR) is 73.8 cm³/mol. The van der Waals surface area contributed by atoms with E-state index in [1.165, 1.54) is 0 Å². The van der Waals surface area contributed by atoms with Crippen LogP contribution in [-0.2, 0) is 16.0 Å². The van der Waals surface area contributed by atoms with Gasteiger partial charge in [0.1, 0.15) is 5.01 Å². The second kappa shape index (κ2) is 5.87. The fourth-order valence-electron chi connectivity index (χ4n) is 1.12. The lowest BCUT2D eigenvalue weighted by atomic mass is 9.93. The van der Waals surface area contributed by atoms with Gasteiger partial charge in [-0.3, -0.25) is 4.79 Å². The minimum atomic E-state index is -0.730. The van der Waals surface area contributed by atoms with E-state index >= 15 is 0 Å². The summed E-state index contributed by atoms with van der Waals surface area (Å²) in [5.41, 5.74) is 1.21. The minimum absolute atomic E-state index is 0.0910. The van der Waals surface area contributed by atoms with E-state index in [0.717, 1.165) is 16.5 Å². The highest BCUT2D eigenvalue weighted by molar-refractivity contribution is 7.98. The molecule has 1 atom stereocenters. The smallest absolute Gasteiger partial charge is 0.307 e. The zero-order valence-electron chi connectivity index (χ0n) is 10.7. The van der Waals surface area contributed by atoms with Gasteiger partial charge >= 0.3 is 5.97 Å². The number of aliphatic carboxylic acids is 1. The molecule has 1 unspecified atom stereocenters. The fraction of sp³-hybridized carbons (Fsp3) is 0.667. The maximum Gasteiger partial charge on any atom is 0.307 e. The highest BCUT2D eigenvalue weighted by atomic mass is 32.2. The zero-order chi connectivity index (χ0) is 13.1. The summed E-state index contributed by atoms with van der Waals surface area (Å²) < 4.78 is 0. The molecule has 0 fully saturated rings. The maximum atomic E-state index is 10.7. The number of aromatic nitrogens is 1. The van der Waals surface area contributed by atoms with Crippen LogP contribution >= 0.6 is 23.1 Å². The first-order valence-electron chi connectivity index (χ1n) is 5.56. The van der Waals surface area contributed by atoms with Crippen LogP contribution in [0.25, 0.3) is 0 Å². The van der Waals surface area contributed by atoms with Gasteiger partial charge < -0.3 is 5.11 Å². The van der Waals surface area contributed by atoms with Crippen LogP contribution in [0.1, 0.15) is 38.4 Å². The highest BCUT2D eigenvalue weighted by Gasteiger charge is 2.17. The number of carboxylic acids is 1. The van der Waals surface area contributed by atoms with Gasteiger partial charge in [-0.15, -0.1) is 11.3 Å². The number of thioether (sulfide) groups is 1. The standard InChI is InChI=1S/C12H19NO2S2/c1-8(11(14)15)5-16-7-10-13-9(6-17-10)12(2,3)4/h6,8H,5,7H2,1-4H3,(H,14,15). The zero-order valence-corrected chi connectivity index (χ0v) is 12.3. The molecule has 17 heavy (non-hydrogen) atoms. The van der Waals surface area contributed by atoms with Crippen LogP contribution in [0.2, 0.25) is 0 Å². The second-order valence-electron chi connectivity index (χ2n) is 5.13. The number of carboxylic acid groups (broad SMARTS) is 1. The molecule has 0 aromatic carbocycles. The van der Waals surface area contributed by atoms with Gasteiger partial charge in [0, 0.05) is 22.3 Å². The summed E-state index contributed by atoms with van der Waals surface area (Å²) in [5, 5.41) is 11.9. The summed E-state index contributed by atoms with van der Waals surface area (Å²) in [7, 11) is 0. The van der Waals surface area contributed by atoms with Crippen LogP contribution < -0.4 is 0 Å². The third-order valence-corrected chi connectivity index (χ3v) is 4.58. The Hall–Kier alpha value is -0.550. The second-order valence-corrected chi connectivity index (χ2v) is 7.10. The molecule has 1 rings (SSSR count). The van der Waals surface area contributed by atoms with Crippen molar-refractivity contribution in [3.63, 3.8) is 0 Å². The summed E-state index contributed by atoms with van der Waals surface area (Å²) in [4.78, 5) is 15.2. The Labute approximate surface area is 111 Å². The molecule has 1 aromatic heterocycles. The normalized spacial score (nSPS) is 13.6. The Morgan fingerprint density at radius 3 is 2.71 bits per heavy atom. The molecule has 0 aliphatic carbocycles. The van der Waals surface area contributed by atoms with Gasteiger partial charge in [0.2, 0.25) is 0 Å². The molecule has 96 valence electrons. The van der Waals surface area contributed by atoms with E-state index in [4.69, 9.17) is 5.11 Å². The van der Waals surface area contributed by atoms with Gasteiger partial charge in [-0.05, 0) is 0 Å². The van der Waals surface area contributed by atoms with Crippen molar-refractivity contribution in [3.8, 4) is 0 Å². The maximum absolute atomic E-state index is 10.7. The van der Waals surface area contributed by atoms with Gasteiger partial charge in [0.05, 0.1) is 11.6 Å². The number of carbonyl (C=O) groups is 1. The first-order chi connectivity index (χ1) is 7.80. The van der Waals surface area contributed by atoms with E-state index in [1.807, 2.05) is 0 Å². The van der Waals surface area contributed by atoms with Crippen LogP contribution in [0.3, 0.4) is 0 Å². The first-order valence-corrected chi connectivity index (χ1v) is 7.59.